The molecule has 1 atom stereocenters. The van der Waals surface area contributed by atoms with E-state index in [2.05, 4.69) is 23.1 Å². The van der Waals surface area contributed by atoms with Crippen LogP contribution in [0.4, 0.5) is 0 Å². The molecule has 1 aromatic rings. The number of fused-ring (bicyclic) bond motifs is 1. The minimum Gasteiger partial charge on any atom is -0.486 e. The predicted molar refractivity (Wildman–Crippen MR) is 66.6 cm³/mol. The lowest BCUT2D eigenvalue weighted by atomic mass is 10.0. The molecule has 0 bridgehead atoms. The zero-order chi connectivity index (χ0) is 12.4. The quantitative estimate of drug-likeness (QED) is 0.747. The predicted octanol–water partition coefficient (Wildman–Crippen LogP) is 2.12. The molecule has 0 radical (unpaired) electrons. The minimum absolute atomic E-state index is 0.348. The Morgan fingerprint density at radius 2 is 2.11 bits per heavy atom. The van der Waals surface area contributed by atoms with Gasteiger partial charge in [-0.15, -0.1) is 0 Å². The molecule has 0 unspecified atom stereocenters. The van der Waals surface area contributed by atoms with Gasteiger partial charge in [-0.25, -0.2) is 0 Å². The van der Waals surface area contributed by atoms with Gasteiger partial charge in [0.1, 0.15) is 13.2 Å². The second-order valence-electron chi connectivity index (χ2n) is 4.69. The van der Waals surface area contributed by atoms with Gasteiger partial charge < -0.3 is 9.47 Å². The number of nitrogens with zero attached hydrogens (tertiary/aromatic N) is 2. The molecule has 0 saturated carbocycles. The zero-order valence-electron chi connectivity index (χ0n) is 10.3. The van der Waals surface area contributed by atoms with Crippen molar-refractivity contribution < 1.29 is 9.47 Å². The van der Waals surface area contributed by atoms with E-state index in [-0.39, 0.29) is 0 Å². The van der Waals surface area contributed by atoms with E-state index in [1.807, 2.05) is 6.07 Å². The summed E-state index contributed by atoms with van der Waals surface area (Å²) in [7, 11) is 0. The maximum Gasteiger partial charge on any atom is 0.161 e. The van der Waals surface area contributed by atoms with Gasteiger partial charge >= 0.3 is 0 Å². The van der Waals surface area contributed by atoms with Gasteiger partial charge in [0, 0.05) is 6.04 Å². The van der Waals surface area contributed by atoms with Crippen molar-refractivity contribution >= 4 is 0 Å². The highest BCUT2D eigenvalue weighted by Gasteiger charge is 2.26. The summed E-state index contributed by atoms with van der Waals surface area (Å²) in [5, 5.41) is 8.85. The molecule has 2 heterocycles. The number of hydrogen-bond acceptors (Lipinski definition) is 4. The molecule has 0 amide bonds. The number of benzene rings is 1. The van der Waals surface area contributed by atoms with E-state index in [9.17, 15) is 0 Å². The fourth-order valence-corrected chi connectivity index (χ4v) is 2.75. The molecule has 2 aliphatic rings. The maximum absolute atomic E-state index is 8.85. The van der Waals surface area contributed by atoms with Crippen LogP contribution in [0.25, 0.3) is 0 Å². The number of likely N-dealkylation sites (tertiary alicyclic amines) is 1. The number of rotatable bonds is 2. The van der Waals surface area contributed by atoms with E-state index >= 15 is 0 Å². The van der Waals surface area contributed by atoms with E-state index < -0.39 is 0 Å². The normalized spacial score (nSPS) is 22.7. The van der Waals surface area contributed by atoms with Gasteiger partial charge in [0.15, 0.2) is 11.5 Å². The molecule has 4 nitrogen and oxygen atoms in total. The van der Waals surface area contributed by atoms with E-state index in [1.165, 1.54) is 5.56 Å². The first-order valence-electron chi connectivity index (χ1n) is 6.39. The summed E-state index contributed by atoms with van der Waals surface area (Å²) in [5.74, 6) is 1.66. The molecule has 0 N–H and O–H groups in total. The third kappa shape index (κ3) is 2.02. The lowest BCUT2D eigenvalue weighted by molar-refractivity contribution is 0.171. The lowest BCUT2D eigenvalue weighted by Gasteiger charge is -2.24. The SMILES string of the molecule is N#CCN1CCC[C@H]1c1ccc2c(c1)OCCO2. The number of ether oxygens (including phenoxy) is 2. The molecule has 1 saturated heterocycles. The Bertz CT molecular complexity index is 481. The second kappa shape index (κ2) is 4.87. The third-order valence-electron chi connectivity index (χ3n) is 3.59. The van der Waals surface area contributed by atoms with Gasteiger partial charge in [-0.05, 0) is 37.1 Å². The molecule has 0 aliphatic carbocycles. The van der Waals surface area contributed by atoms with Crippen molar-refractivity contribution in [3.63, 3.8) is 0 Å². The van der Waals surface area contributed by atoms with E-state index in [0.717, 1.165) is 30.9 Å². The average Bonchev–Trinajstić information content (AvgIpc) is 2.87. The van der Waals surface area contributed by atoms with Crippen molar-refractivity contribution in [1.29, 1.82) is 5.26 Å². The maximum atomic E-state index is 8.85. The van der Waals surface area contributed by atoms with Crippen LogP contribution in [0.15, 0.2) is 18.2 Å². The zero-order valence-corrected chi connectivity index (χ0v) is 10.3. The van der Waals surface area contributed by atoms with Crippen LogP contribution in [-0.4, -0.2) is 31.2 Å². The highest BCUT2D eigenvalue weighted by Crippen LogP contribution is 2.37. The molecular weight excluding hydrogens is 228 g/mol. The van der Waals surface area contributed by atoms with Crippen molar-refractivity contribution in [2.24, 2.45) is 0 Å². The fourth-order valence-electron chi connectivity index (χ4n) is 2.75. The van der Waals surface area contributed by atoms with Gasteiger partial charge in [0.25, 0.3) is 0 Å². The van der Waals surface area contributed by atoms with Crippen molar-refractivity contribution in [1.82, 2.24) is 4.90 Å². The fraction of sp³-hybridized carbons (Fsp3) is 0.500. The first kappa shape index (κ1) is 11.4. The van der Waals surface area contributed by atoms with Gasteiger partial charge in [0.2, 0.25) is 0 Å². The Labute approximate surface area is 107 Å². The molecule has 0 spiro atoms. The smallest absolute Gasteiger partial charge is 0.161 e. The summed E-state index contributed by atoms with van der Waals surface area (Å²) in [6.07, 6.45) is 2.27. The van der Waals surface area contributed by atoms with Crippen LogP contribution >= 0.6 is 0 Å². The van der Waals surface area contributed by atoms with E-state index in [1.54, 1.807) is 0 Å². The van der Waals surface area contributed by atoms with Crippen LogP contribution < -0.4 is 9.47 Å². The summed E-state index contributed by atoms with van der Waals surface area (Å²) in [6, 6.07) is 8.72. The second-order valence-corrected chi connectivity index (χ2v) is 4.69. The monoisotopic (exact) mass is 244 g/mol. The van der Waals surface area contributed by atoms with Crippen molar-refractivity contribution in [3.8, 4) is 17.6 Å². The first-order valence-corrected chi connectivity index (χ1v) is 6.39. The Morgan fingerprint density at radius 1 is 1.28 bits per heavy atom. The molecular formula is C14H16N2O2. The van der Waals surface area contributed by atoms with Crippen LogP contribution in [0, 0.1) is 11.3 Å². The van der Waals surface area contributed by atoms with Crippen molar-refractivity contribution in [2.75, 3.05) is 26.3 Å². The molecule has 1 aromatic carbocycles. The minimum atomic E-state index is 0.348. The first-order chi connectivity index (χ1) is 8.88. The third-order valence-corrected chi connectivity index (χ3v) is 3.59. The molecule has 1 fully saturated rings. The summed E-state index contributed by atoms with van der Waals surface area (Å²) >= 11 is 0. The summed E-state index contributed by atoms with van der Waals surface area (Å²) in [5.41, 5.74) is 1.23. The van der Waals surface area contributed by atoms with E-state index in [4.69, 9.17) is 14.7 Å². The molecule has 4 heteroatoms. The number of hydrogen-bond donors (Lipinski definition) is 0. The summed E-state index contributed by atoms with van der Waals surface area (Å²) in [6.45, 7) is 2.74. The van der Waals surface area contributed by atoms with Crippen LogP contribution in [-0.2, 0) is 0 Å². The van der Waals surface area contributed by atoms with Crippen LogP contribution in [0.1, 0.15) is 24.4 Å². The Hall–Kier alpha value is -1.73. The summed E-state index contributed by atoms with van der Waals surface area (Å²) < 4.78 is 11.1. The van der Waals surface area contributed by atoms with Crippen LogP contribution in [0.2, 0.25) is 0 Å². The van der Waals surface area contributed by atoms with Gasteiger partial charge in [-0.1, -0.05) is 6.07 Å². The Kier molecular flexibility index (Phi) is 3.07. The lowest BCUT2D eigenvalue weighted by Crippen LogP contribution is -2.23. The van der Waals surface area contributed by atoms with E-state index in [0.29, 0.717) is 25.8 Å². The highest BCUT2D eigenvalue weighted by molar-refractivity contribution is 5.44. The van der Waals surface area contributed by atoms with Gasteiger partial charge in [-0.3, -0.25) is 4.90 Å². The Balaban J connectivity index is 1.85. The average molecular weight is 244 g/mol. The molecule has 2 aliphatic heterocycles. The largest absolute Gasteiger partial charge is 0.486 e. The van der Waals surface area contributed by atoms with Gasteiger partial charge in [0.05, 0.1) is 12.6 Å². The molecule has 3 rings (SSSR count). The van der Waals surface area contributed by atoms with Crippen molar-refractivity contribution in [3.05, 3.63) is 23.8 Å². The van der Waals surface area contributed by atoms with Crippen LogP contribution in [0.3, 0.4) is 0 Å². The molecule has 18 heavy (non-hydrogen) atoms. The molecule has 0 aromatic heterocycles. The highest BCUT2D eigenvalue weighted by atomic mass is 16.6. The number of nitriles is 1. The standard InChI is InChI=1S/C14H16N2O2/c15-5-7-16-6-1-2-12(16)11-3-4-13-14(10-11)18-9-8-17-13/h3-4,10,12H,1-2,6-9H2/t12-/m0/s1. The Morgan fingerprint density at radius 3 is 2.94 bits per heavy atom. The van der Waals surface area contributed by atoms with Crippen molar-refractivity contribution in [2.45, 2.75) is 18.9 Å². The summed E-state index contributed by atoms with van der Waals surface area (Å²) in [4.78, 5) is 2.23. The van der Waals surface area contributed by atoms with Gasteiger partial charge in [-0.2, -0.15) is 5.26 Å². The molecule has 94 valence electrons. The topological polar surface area (TPSA) is 45.5 Å². The van der Waals surface area contributed by atoms with Crippen LogP contribution in [0.5, 0.6) is 11.5 Å².